The average Bonchev–Trinajstić information content (AvgIpc) is 2.79. The fourth-order valence-electron chi connectivity index (χ4n) is 2.68. The van der Waals surface area contributed by atoms with Crippen LogP contribution in [0.15, 0.2) is 58.4 Å². The van der Waals surface area contributed by atoms with Gasteiger partial charge in [-0.2, -0.15) is 0 Å². The van der Waals surface area contributed by atoms with Crippen LogP contribution in [-0.4, -0.2) is 40.6 Å². The molecule has 32 heavy (non-hydrogen) atoms. The number of hydrogen-bond acceptors (Lipinski definition) is 4. The second kappa shape index (κ2) is 16.1. The van der Waals surface area contributed by atoms with Crippen molar-refractivity contribution in [3.05, 3.63) is 70.1 Å². The first-order chi connectivity index (χ1) is 15.3. The van der Waals surface area contributed by atoms with Gasteiger partial charge < -0.3 is 26.5 Å². The zero-order chi connectivity index (χ0) is 24.5. The molecule has 0 saturated carbocycles. The smallest absolute Gasteiger partial charge is 0.326 e. The molecule has 6 N–H and O–H groups in total. The topological polar surface area (TPSA) is 153 Å². The number of carbonyl (C=O) groups excluding carboxylic acids is 1. The van der Waals surface area contributed by atoms with Gasteiger partial charge >= 0.3 is 5.97 Å². The van der Waals surface area contributed by atoms with Crippen molar-refractivity contribution in [1.82, 2.24) is 9.88 Å². The molecule has 1 amide bonds. The number of aromatic nitrogens is 1. The van der Waals surface area contributed by atoms with E-state index in [-0.39, 0.29) is 17.6 Å². The Hall–Kier alpha value is -3.62. The van der Waals surface area contributed by atoms with Crippen molar-refractivity contribution in [3.8, 4) is 0 Å². The molecule has 1 heterocycles. The van der Waals surface area contributed by atoms with Crippen molar-refractivity contribution >= 4 is 18.3 Å². The van der Waals surface area contributed by atoms with E-state index in [1.54, 1.807) is 4.57 Å². The van der Waals surface area contributed by atoms with Crippen LogP contribution in [0.2, 0.25) is 0 Å². The molecule has 2 rings (SSSR count). The molecule has 2 aromatic rings. The summed E-state index contributed by atoms with van der Waals surface area (Å²) in [5.41, 5.74) is 12.1. The lowest BCUT2D eigenvalue weighted by Gasteiger charge is -2.15. The first-order valence-corrected chi connectivity index (χ1v) is 10.5. The maximum atomic E-state index is 11.9. The number of nitrogens with zero attached hydrogens (tertiary/aromatic N) is 2. The van der Waals surface area contributed by atoms with Crippen molar-refractivity contribution in [2.75, 3.05) is 6.54 Å². The number of aliphatic imine (C=N–C) groups is 1. The maximum absolute atomic E-state index is 11.9. The first kappa shape index (κ1) is 28.4. The fraction of sp³-hybridized carbons (Fsp3) is 0.391. The zero-order valence-corrected chi connectivity index (χ0v) is 19.2. The quantitative estimate of drug-likeness (QED) is 0.200. The van der Waals surface area contributed by atoms with Crippen molar-refractivity contribution in [2.24, 2.45) is 16.5 Å². The van der Waals surface area contributed by atoms with Gasteiger partial charge in [0.1, 0.15) is 6.04 Å². The van der Waals surface area contributed by atoms with Crippen molar-refractivity contribution in [2.45, 2.75) is 52.6 Å². The SMILES string of the molecule is CC.Cc1cccn(C(C)c2ccccc2)c1=O.NC(N)=NCCCC(NC=O)C(=O)O. The number of nitrogens with two attached hydrogens (primary N) is 2. The minimum absolute atomic E-state index is 0.0276. The van der Waals surface area contributed by atoms with Crippen LogP contribution < -0.4 is 22.3 Å². The van der Waals surface area contributed by atoms with Crippen LogP contribution in [0.4, 0.5) is 0 Å². The fourth-order valence-corrected chi connectivity index (χ4v) is 2.68. The normalized spacial score (nSPS) is 11.4. The van der Waals surface area contributed by atoms with E-state index in [0.29, 0.717) is 25.8 Å². The van der Waals surface area contributed by atoms with Crippen molar-refractivity contribution in [1.29, 1.82) is 0 Å². The molecular weight excluding hydrogens is 410 g/mol. The van der Waals surface area contributed by atoms with Crippen LogP contribution >= 0.6 is 0 Å². The second-order valence-electron chi connectivity index (χ2n) is 6.61. The maximum Gasteiger partial charge on any atom is 0.326 e. The molecule has 0 aliphatic carbocycles. The minimum Gasteiger partial charge on any atom is -0.480 e. The molecule has 0 aliphatic heterocycles. The highest BCUT2D eigenvalue weighted by atomic mass is 16.4. The Morgan fingerprint density at radius 1 is 1.19 bits per heavy atom. The number of nitrogens with one attached hydrogen (secondary N) is 1. The number of carboxylic acid groups (broad SMARTS) is 1. The van der Waals surface area contributed by atoms with Gasteiger partial charge in [0.05, 0.1) is 6.04 Å². The monoisotopic (exact) mass is 445 g/mol. The third kappa shape index (κ3) is 10.4. The van der Waals surface area contributed by atoms with Gasteiger partial charge in [0.15, 0.2) is 5.96 Å². The second-order valence-corrected chi connectivity index (χ2v) is 6.61. The summed E-state index contributed by atoms with van der Waals surface area (Å²) >= 11 is 0. The van der Waals surface area contributed by atoms with E-state index in [2.05, 4.69) is 10.3 Å². The highest BCUT2D eigenvalue weighted by Gasteiger charge is 2.14. The molecule has 0 saturated heterocycles. The van der Waals surface area contributed by atoms with Crippen molar-refractivity contribution in [3.63, 3.8) is 0 Å². The Bertz CT molecular complexity index is 893. The van der Waals surface area contributed by atoms with Crippen LogP contribution in [0.3, 0.4) is 0 Å². The predicted octanol–water partition coefficient (Wildman–Crippen LogP) is 2.03. The largest absolute Gasteiger partial charge is 0.480 e. The van der Waals surface area contributed by atoms with E-state index in [1.165, 1.54) is 0 Å². The van der Waals surface area contributed by atoms with Crippen LogP contribution in [0.5, 0.6) is 0 Å². The van der Waals surface area contributed by atoms with Gasteiger partial charge in [0.25, 0.3) is 5.56 Å². The van der Waals surface area contributed by atoms with Gasteiger partial charge in [-0.3, -0.25) is 14.6 Å². The molecule has 2 atom stereocenters. The zero-order valence-electron chi connectivity index (χ0n) is 19.2. The summed E-state index contributed by atoms with van der Waals surface area (Å²) in [5.74, 6) is -1.10. The van der Waals surface area contributed by atoms with Crippen LogP contribution in [0, 0.1) is 6.92 Å². The van der Waals surface area contributed by atoms with Gasteiger partial charge in [-0.1, -0.05) is 50.2 Å². The van der Waals surface area contributed by atoms with Crippen LogP contribution in [0.25, 0.3) is 0 Å². The molecule has 9 nitrogen and oxygen atoms in total. The third-order valence-corrected chi connectivity index (χ3v) is 4.38. The Morgan fingerprint density at radius 3 is 2.34 bits per heavy atom. The number of hydrogen-bond donors (Lipinski definition) is 4. The molecule has 0 spiro atoms. The van der Waals surface area contributed by atoms with Gasteiger partial charge in [0, 0.05) is 18.3 Å². The van der Waals surface area contributed by atoms with Crippen LogP contribution in [-0.2, 0) is 9.59 Å². The highest BCUT2D eigenvalue weighted by Crippen LogP contribution is 2.15. The average molecular weight is 446 g/mol. The predicted molar refractivity (Wildman–Crippen MR) is 128 cm³/mol. The Kier molecular flexibility index (Phi) is 14.3. The van der Waals surface area contributed by atoms with Gasteiger partial charge in [0.2, 0.25) is 6.41 Å². The Morgan fingerprint density at radius 2 is 1.81 bits per heavy atom. The van der Waals surface area contributed by atoms with E-state index < -0.39 is 12.0 Å². The first-order valence-electron chi connectivity index (χ1n) is 10.5. The molecule has 0 radical (unpaired) electrons. The lowest BCUT2D eigenvalue weighted by Crippen LogP contribution is -2.35. The summed E-state index contributed by atoms with van der Waals surface area (Å²) in [6.45, 7) is 8.24. The summed E-state index contributed by atoms with van der Waals surface area (Å²) in [6.07, 6.45) is 2.99. The molecular formula is C23H35N5O4. The summed E-state index contributed by atoms with van der Waals surface area (Å²) in [7, 11) is 0. The number of aryl methyl sites for hydroxylation is 1. The number of pyridine rings is 1. The van der Waals surface area contributed by atoms with E-state index in [1.807, 2.05) is 76.4 Å². The van der Waals surface area contributed by atoms with Gasteiger partial charge in [-0.15, -0.1) is 0 Å². The molecule has 176 valence electrons. The number of rotatable bonds is 9. The summed E-state index contributed by atoms with van der Waals surface area (Å²) in [4.78, 5) is 36.2. The number of benzene rings is 1. The number of carbonyl (C=O) groups is 2. The van der Waals surface area contributed by atoms with Crippen LogP contribution in [0.1, 0.15) is 50.8 Å². The molecule has 1 aromatic carbocycles. The van der Waals surface area contributed by atoms with E-state index in [9.17, 15) is 14.4 Å². The molecule has 0 aliphatic rings. The lowest BCUT2D eigenvalue weighted by atomic mass is 10.1. The van der Waals surface area contributed by atoms with E-state index >= 15 is 0 Å². The van der Waals surface area contributed by atoms with Gasteiger partial charge in [-0.05, 0) is 38.3 Å². The minimum atomic E-state index is -1.07. The Labute approximate surface area is 189 Å². The number of amides is 1. The van der Waals surface area contributed by atoms with Gasteiger partial charge in [-0.25, -0.2) is 4.79 Å². The number of aliphatic carboxylic acids is 1. The molecule has 1 aromatic heterocycles. The molecule has 2 unspecified atom stereocenters. The Balaban J connectivity index is 0.000000564. The number of guanidine groups is 1. The number of carboxylic acids is 1. The summed E-state index contributed by atoms with van der Waals surface area (Å²) < 4.78 is 1.77. The standard InChI is InChI=1S/C14H15NO.C7H14N4O3.C2H6/c1-11-7-6-10-15(14(11)16)12(2)13-8-4-3-5-9-13;8-7(9)10-3-1-2-5(6(13)14)11-4-12;1-2/h3-10,12H,1-2H3;4-5H,1-3H2,(H,11,12)(H,13,14)(H4,8,9,10);1-2H3. The van der Waals surface area contributed by atoms with Crippen molar-refractivity contribution < 1.29 is 14.7 Å². The molecule has 9 heteroatoms. The van der Waals surface area contributed by atoms with E-state index in [4.69, 9.17) is 16.6 Å². The highest BCUT2D eigenvalue weighted by molar-refractivity contribution is 5.76. The third-order valence-electron chi connectivity index (χ3n) is 4.38. The molecule has 0 bridgehead atoms. The lowest BCUT2D eigenvalue weighted by molar-refractivity contribution is -0.140. The van der Waals surface area contributed by atoms with E-state index in [0.717, 1.165) is 11.1 Å². The summed E-state index contributed by atoms with van der Waals surface area (Å²) in [6, 6.07) is 13.0. The summed E-state index contributed by atoms with van der Waals surface area (Å²) in [5, 5.41) is 10.8. The molecule has 0 fully saturated rings.